The number of hydrogen-bond acceptors (Lipinski definition) is 6. The predicted molar refractivity (Wildman–Crippen MR) is 104 cm³/mol. The van der Waals surface area contributed by atoms with Gasteiger partial charge in [-0.2, -0.15) is 9.41 Å². The summed E-state index contributed by atoms with van der Waals surface area (Å²) in [5, 5.41) is 13.7. The molecule has 1 aliphatic heterocycles. The van der Waals surface area contributed by atoms with Crippen LogP contribution in [0.1, 0.15) is 22.8 Å². The van der Waals surface area contributed by atoms with Gasteiger partial charge in [0.05, 0.1) is 29.4 Å². The van der Waals surface area contributed by atoms with Crippen molar-refractivity contribution in [1.29, 1.82) is 0 Å². The van der Waals surface area contributed by atoms with Crippen LogP contribution in [0.3, 0.4) is 0 Å². The van der Waals surface area contributed by atoms with E-state index in [0.717, 1.165) is 0 Å². The largest absolute Gasteiger partial charge is 0.507 e. The number of sulfonamides is 1. The molecule has 1 fully saturated rings. The molecule has 2 aromatic rings. The van der Waals surface area contributed by atoms with Gasteiger partial charge >= 0.3 is 0 Å². The van der Waals surface area contributed by atoms with E-state index in [-0.39, 0.29) is 16.2 Å². The van der Waals surface area contributed by atoms with Crippen molar-refractivity contribution in [3.05, 3.63) is 59.7 Å². The second-order valence-corrected chi connectivity index (χ2v) is 8.13. The first-order valence-electron chi connectivity index (χ1n) is 8.70. The number of benzene rings is 2. The van der Waals surface area contributed by atoms with Crippen molar-refractivity contribution in [2.45, 2.75) is 11.8 Å². The number of ether oxygens (including phenoxy) is 1. The number of amides is 1. The molecule has 2 aromatic carbocycles. The second kappa shape index (κ2) is 8.51. The van der Waals surface area contributed by atoms with E-state index in [4.69, 9.17) is 4.74 Å². The lowest BCUT2D eigenvalue weighted by atomic mass is 10.1. The van der Waals surface area contributed by atoms with E-state index in [0.29, 0.717) is 37.6 Å². The van der Waals surface area contributed by atoms with Gasteiger partial charge in [0.2, 0.25) is 10.0 Å². The number of hydrazone groups is 1. The highest BCUT2D eigenvalue weighted by Gasteiger charge is 2.26. The van der Waals surface area contributed by atoms with Crippen LogP contribution in [0.4, 0.5) is 0 Å². The summed E-state index contributed by atoms with van der Waals surface area (Å²) in [4.78, 5) is 12.3. The summed E-state index contributed by atoms with van der Waals surface area (Å²) in [6.07, 6.45) is 0. The Hall–Kier alpha value is -2.75. The monoisotopic (exact) mass is 403 g/mol. The molecular formula is C19H21N3O5S. The van der Waals surface area contributed by atoms with E-state index >= 15 is 0 Å². The molecule has 0 radical (unpaired) electrons. The molecule has 3 rings (SSSR count). The fourth-order valence-electron chi connectivity index (χ4n) is 2.73. The number of rotatable bonds is 5. The number of aromatic hydroxyl groups is 1. The summed E-state index contributed by atoms with van der Waals surface area (Å²) in [7, 11) is -3.56. The third kappa shape index (κ3) is 4.38. The maximum atomic E-state index is 12.6. The van der Waals surface area contributed by atoms with Crippen LogP contribution in [-0.4, -0.2) is 55.8 Å². The molecule has 0 saturated carbocycles. The third-order valence-corrected chi connectivity index (χ3v) is 6.27. The van der Waals surface area contributed by atoms with E-state index in [2.05, 4.69) is 10.5 Å². The van der Waals surface area contributed by atoms with Crippen molar-refractivity contribution in [3.8, 4) is 5.75 Å². The van der Waals surface area contributed by atoms with Crippen molar-refractivity contribution in [2.75, 3.05) is 26.3 Å². The second-order valence-electron chi connectivity index (χ2n) is 6.20. The van der Waals surface area contributed by atoms with Crippen LogP contribution < -0.4 is 5.43 Å². The van der Waals surface area contributed by atoms with Gasteiger partial charge in [-0.05, 0) is 36.8 Å². The van der Waals surface area contributed by atoms with Crippen molar-refractivity contribution < 1.29 is 23.1 Å². The maximum Gasteiger partial charge on any atom is 0.275 e. The summed E-state index contributed by atoms with van der Waals surface area (Å²) in [6, 6.07) is 12.5. The average molecular weight is 403 g/mol. The van der Waals surface area contributed by atoms with Crippen LogP contribution in [0.25, 0.3) is 0 Å². The molecule has 0 atom stereocenters. The van der Waals surface area contributed by atoms with Gasteiger partial charge in [0.25, 0.3) is 5.91 Å². The van der Waals surface area contributed by atoms with E-state index in [9.17, 15) is 18.3 Å². The van der Waals surface area contributed by atoms with Gasteiger partial charge in [0.15, 0.2) is 0 Å². The zero-order valence-electron chi connectivity index (χ0n) is 15.3. The number of nitrogens with zero attached hydrogens (tertiary/aromatic N) is 2. The van der Waals surface area contributed by atoms with Gasteiger partial charge in [0, 0.05) is 13.1 Å². The van der Waals surface area contributed by atoms with E-state index in [1.165, 1.54) is 28.6 Å². The van der Waals surface area contributed by atoms with Crippen molar-refractivity contribution >= 4 is 21.6 Å². The van der Waals surface area contributed by atoms with Crippen LogP contribution in [-0.2, 0) is 14.8 Å². The Balaban J connectivity index is 1.71. The summed E-state index contributed by atoms with van der Waals surface area (Å²) in [5.74, 6) is -0.672. The smallest absolute Gasteiger partial charge is 0.275 e. The van der Waals surface area contributed by atoms with Crippen LogP contribution >= 0.6 is 0 Å². The van der Waals surface area contributed by atoms with E-state index < -0.39 is 15.9 Å². The predicted octanol–water partition coefficient (Wildman–Crippen LogP) is 1.57. The number of phenols is 1. The molecule has 1 aliphatic rings. The molecule has 0 spiro atoms. The Labute approximate surface area is 163 Å². The number of carbonyl (C=O) groups excluding carboxylic acids is 1. The van der Waals surface area contributed by atoms with Gasteiger partial charge in [-0.25, -0.2) is 13.8 Å². The van der Waals surface area contributed by atoms with Gasteiger partial charge in [0.1, 0.15) is 5.75 Å². The minimum Gasteiger partial charge on any atom is -0.507 e. The van der Waals surface area contributed by atoms with Crippen molar-refractivity contribution in [3.63, 3.8) is 0 Å². The summed E-state index contributed by atoms with van der Waals surface area (Å²) < 4.78 is 31.9. The molecule has 0 aromatic heterocycles. The van der Waals surface area contributed by atoms with Crippen molar-refractivity contribution in [1.82, 2.24) is 9.73 Å². The van der Waals surface area contributed by atoms with Gasteiger partial charge < -0.3 is 9.84 Å². The number of morpholine rings is 1. The first-order valence-corrected chi connectivity index (χ1v) is 10.1. The zero-order valence-corrected chi connectivity index (χ0v) is 16.1. The van der Waals surface area contributed by atoms with Gasteiger partial charge in [-0.15, -0.1) is 0 Å². The number of carbonyl (C=O) groups is 1. The summed E-state index contributed by atoms with van der Waals surface area (Å²) in [5.41, 5.74) is 3.66. The Morgan fingerprint density at radius 1 is 1.11 bits per heavy atom. The van der Waals surface area contributed by atoms with Gasteiger partial charge in [-0.1, -0.05) is 24.3 Å². The normalized spacial score (nSPS) is 16.0. The lowest BCUT2D eigenvalue weighted by molar-refractivity contribution is 0.0730. The first kappa shape index (κ1) is 20.0. The molecule has 2 N–H and O–H groups in total. The Bertz CT molecular complexity index is 981. The van der Waals surface area contributed by atoms with E-state index in [1.807, 2.05) is 0 Å². The highest BCUT2D eigenvalue weighted by atomic mass is 32.2. The molecule has 148 valence electrons. The molecular weight excluding hydrogens is 382 g/mol. The van der Waals surface area contributed by atoms with E-state index in [1.54, 1.807) is 31.2 Å². The van der Waals surface area contributed by atoms with Crippen LogP contribution in [0, 0.1) is 0 Å². The quantitative estimate of drug-likeness (QED) is 0.582. The number of nitrogens with one attached hydrogen (secondary N) is 1. The molecule has 28 heavy (non-hydrogen) atoms. The lowest BCUT2D eigenvalue weighted by Crippen LogP contribution is -2.40. The molecule has 1 amide bonds. The SMILES string of the molecule is C/C(=N\NC(=O)c1ccccc1O)c1ccc(S(=O)(=O)N2CCOCC2)cc1. The Kier molecular flexibility index (Phi) is 6.08. The Morgan fingerprint density at radius 3 is 2.39 bits per heavy atom. The maximum absolute atomic E-state index is 12.6. The number of phenolic OH excluding ortho intramolecular Hbond substituents is 1. The van der Waals surface area contributed by atoms with Crippen molar-refractivity contribution in [2.24, 2.45) is 5.10 Å². The molecule has 1 heterocycles. The Morgan fingerprint density at radius 2 is 1.75 bits per heavy atom. The first-order chi connectivity index (χ1) is 13.4. The standard InChI is InChI=1S/C19H21N3O5S/c1-14(20-21-19(24)17-4-2-3-5-18(17)23)15-6-8-16(9-7-15)28(25,26)22-10-12-27-13-11-22/h2-9,23H,10-13H2,1H3,(H,21,24)/b20-14+. The highest BCUT2D eigenvalue weighted by molar-refractivity contribution is 7.89. The highest BCUT2D eigenvalue weighted by Crippen LogP contribution is 2.18. The number of hydrogen-bond donors (Lipinski definition) is 2. The minimum atomic E-state index is -3.56. The fourth-order valence-corrected chi connectivity index (χ4v) is 4.14. The zero-order chi connectivity index (χ0) is 20.1. The van der Waals surface area contributed by atoms with Crippen LogP contribution in [0.5, 0.6) is 5.75 Å². The molecule has 9 heteroatoms. The summed E-state index contributed by atoms with van der Waals surface area (Å²) in [6.45, 7) is 3.14. The summed E-state index contributed by atoms with van der Waals surface area (Å²) >= 11 is 0. The molecule has 0 aliphatic carbocycles. The third-order valence-electron chi connectivity index (χ3n) is 4.35. The van der Waals surface area contributed by atoms with Crippen LogP contribution in [0.15, 0.2) is 58.5 Å². The average Bonchev–Trinajstić information content (AvgIpc) is 2.73. The topological polar surface area (TPSA) is 108 Å². The minimum absolute atomic E-state index is 0.117. The lowest BCUT2D eigenvalue weighted by Gasteiger charge is -2.26. The molecule has 8 nitrogen and oxygen atoms in total. The molecule has 0 bridgehead atoms. The molecule has 0 unspecified atom stereocenters. The van der Waals surface area contributed by atoms with Crippen LogP contribution in [0.2, 0.25) is 0 Å². The fraction of sp³-hybridized carbons (Fsp3) is 0.263. The molecule has 1 saturated heterocycles. The van der Waals surface area contributed by atoms with Gasteiger partial charge in [-0.3, -0.25) is 4.79 Å². The number of para-hydroxylation sites is 1.